The third-order valence-corrected chi connectivity index (χ3v) is 5.69. The van der Waals surface area contributed by atoms with Gasteiger partial charge >= 0.3 is 0 Å². The Morgan fingerprint density at radius 1 is 1.14 bits per heavy atom. The van der Waals surface area contributed by atoms with Crippen molar-refractivity contribution < 1.29 is 14.3 Å². The van der Waals surface area contributed by atoms with Crippen molar-refractivity contribution in [1.29, 1.82) is 0 Å². The maximum atomic E-state index is 12.6. The number of hydrogen-bond donors (Lipinski definition) is 1. The van der Waals surface area contributed by atoms with Crippen molar-refractivity contribution in [3.63, 3.8) is 0 Å². The van der Waals surface area contributed by atoms with E-state index in [1.54, 1.807) is 12.5 Å². The van der Waals surface area contributed by atoms with Crippen molar-refractivity contribution in [2.24, 2.45) is 0 Å². The van der Waals surface area contributed by atoms with Crippen LogP contribution in [0.4, 0.5) is 5.69 Å². The summed E-state index contributed by atoms with van der Waals surface area (Å²) in [6.45, 7) is 4.40. The van der Waals surface area contributed by atoms with Crippen molar-refractivity contribution in [2.75, 3.05) is 38.7 Å². The molecule has 0 atom stereocenters. The van der Waals surface area contributed by atoms with E-state index >= 15 is 0 Å². The molecule has 1 amide bonds. The van der Waals surface area contributed by atoms with Crippen molar-refractivity contribution >= 4 is 22.9 Å². The quantitative estimate of drug-likeness (QED) is 0.669. The lowest BCUT2D eigenvalue weighted by Gasteiger charge is -2.26. The van der Waals surface area contributed by atoms with Gasteiger partial charge in [-0.2, -0.15) is 0 Å². The van der Waals surface area contributed by atoms with E-state index in [1.807, 2.05) is 36.4 Å². The normalized spacial score (nSPS) is 14.5. The number of nitrogens with one attached hydrogen (secondary N) is 1. The minimum atomic E-state index is -0.207. The summed E-state index contributed by atoms with van der Waals surface area (Å²) < 4.78 is 10.6. The number of carbonyl (C=O) groups excluding carboxylic acids is 1. The highest BCUT2D eigenvalue weighted by Gasteiger charge is 2.13. The topological polar surface area (TPSA) is 63.7 Å². The van der Waals surface area contributed by atoms with E-state index < -0.39 is 0 Å². The number of anilines is 1. The van der Waals surface area contributed by atoms with Crippen LogP contribution in [0.25, 0.3) is 10.6 Å². The highest BCUT2D eigenvalue weighted by Crippen LogP contribution is 2.26. The molecule has 0 spiro atoms. The van der Waals surface area contributed by atoms with Crippen molar-refractivity contribution in [3.05, 3.63) is 65.2 Å². The fraction of sp³-hybridized carbons (Fsp3) is 0.273. The molecule has 7 heteroatoms. The number of hydrogen-bond acceptors (Lipinski definition) is 6. The molecule has 2 aromatic carbocycles. The number of rotatable bonds is 6. The van der Waals surface area contributed by atoms with E-state index in [1.165, 1.54) is 16.9 Å². The van der Waals surface area contributed by atoms with Gasteiger partial charge in [0, 0.05) is 36.3 Å². The lowest BCUT2D eigenvalue weighted by Crippen LogP contribution is -2.35. The van der Waals surface area contributed by atoms with Crippen LogP contribution in [0.3, 0.4) is 0 Å². The molecule has 0 aliphatic carbocycles. The Morgan fingerprint density at radius 3 is 2.55 bits per heavy atom. The first-order valence-electron chi connectivity index (χ1n) is 9.51. The predicted octanol–water partition coefficient (Wildman–Crippen LogP) is 3.90. The maximum Gasteiger partial charge on any atom is 0.275 e. The second-order valence-electron chi connectivity index (χ2n) is 6.81. The Hall–Kier alpha value is -2.74. The minimum Gasteiger partial charge on any atom is -0.497 e. The van der Waals surface area contributed by atoms with Crippen molar-refractivity contribution in [2.45, 2.75) is 6.54 Å². The molecule has 29 heavy (non-hydrogen) atoms. The van der Waals surface area contributed by atoms with Crippen LogP contribution in [0.2, 0.25) is 0 Å². The first kappa shape index (κ1) is 19.6. The summed E-state index contributed by atoms with van der Waals surface area (Å²) in [6, 6.07) is 15.6. The van der Waals surface area contributed by atoms with Gasteiger partial charge in [0.1, 0.15) is 16.5 Å². The summed E-state index contributed by atoms with van der Waals surface area (Å²) in [5, 5.41) is 5.51. The lowest BCUT2D eigenvalue weighted by molar-refractivity contribution is 0.0342. The third-order valence-electron chi connectivity index (χ3n) is 4.80. The van der Waals surface area contributed by atoms with Crippen LogP contribution in [0.1, 0.15) is 16.1 Å². The Bertz CT molecular complexity index is 948. The molecule has 1 aliphatic heterocycles. The van der Waals surface area contributed by atoms with Gasteiger partial charge < -0.3 is 14.8 Å². The largest absolute Gasteiger partial charge is 0.497 e. The first-order chi connectivity index (χ1) is 14.2. The zero-order valence-electron chi connectivity index (χ0n) is 16.3. The standard InChI is InChI=1S/C22H23N3O3S/c1-27-19-8-4-17(5-9-19)22-24-20(15-29-22)21(26)23-18-6-2-16(3-7-18)14-25-10-12-28-13-11-25/h2-9,15H,10-14H2,1H3,(H,23,26). The average Bonchev–Trinajstić information content (AvgIpc) is 3.26. The summed E-state index contributed by atoms with van der Waals surface area (Å²) in [4.78, 5) is 19.4. The molecule has 2 heterocycles. The Morgan fingerprint density at radius 2 is 1.86 bits per heavy atom. The van der Waals surface area contributed by atoms with Crippen LogP contribution in [0, 0.1) is 0 Å². The molecule has 150 valence electrons. The first-order valence-corrected chi connectivity index (χ1v) is 10.4. The van der Waals surface area contributed by atoms with Crippen LogP contribution in [-0.2, 0) is 11.3 Å². The number of ether oxygens (including phenoxy) is 2. The zero-order chi connectivity index (χ0) is 20.1. The summed E-state index contributed by atoms with van der Waals surface area (Å²) in [5.41, 5.74) is 3.36. The van der Waals surface area contributed by atoms with Gasteiger partial charge in [0.2, 0.25) is 0 Å². The summed E-state index contributed by atoms with van der Waals surface area (Å²) in [6.07, 6.45) is 0. The number of methoxy groups -OCH3 is 1. The van der Waals surface area contributed by atoms with E-state index in [4.69, 9.17) is 9.47 Å². The minimum absolute atomic E-state index is 0.207. The van der Waals surface area contributed by atoms with Gasteiger partial charge in [0.05, 0.1) is 20.3 Å². The van der Waals surface area contributed by atoms with E-state index in [0.717, 1.165) is 54.9 Å². The molecule has 0 radical (unpaired) electrons. The highest BCUT2D eigenvalue weighted by atomic mass is 32.1. The number of amides is 1. The third kappa shape index (κ3) is 5.00. The monoisotopic (exact) mass is 409 g/mol. The van der Waals surface area contributed by atoms with Gasteiger partial charge in [-0.15, -0.1) is 11.3 Å². The highest BCUT2D eigenvalue weighted by molar-refractivity contribution is 7.13. The maximum absolute atomic E-state index is 12.6. The molecule has 0 unspecified atom stereocenters. The van der Waals surface area contributed by atoms with E-state index in [9.17, 15) is 4.79 Å². The second-order valence-corrected chi connectivity index (χ2v) is 7.66. The molecule has 1 N–H and O–H groups in total. The number of morpholine rings is 1. The number of thiazole rings is 1. The van der Waals surface area contributed by atoms with E-state index in [-0.39, 0.29) is 5.91 Å². The molecule has 0 saturated carbocycles. The smallest absolute Gasteiger partial charge is 0.275 e. The number of aromatic nitrogens is 1. The Balaban J connectivity index is 1.37. The fourth-order valence-corrected chi connectivity index (χ4v) is 3.96. The lowest BCUT2D eigenvalue weighted by atomic mass is 10.2. The van der Waals surface area contributed by atoms with E-state index in [2.05, 4.69) is 27.3 Å². The van der Waals surface area contributed by atoms with Gasteiger partial charge in [-0.3, -0.25) is 9.69 Å². The molecule has 1 aromatic heterocycles. The zero-order valence-corrected chi connectivity index (χ0v) is 17.1. The van der Waals surface area contributed by atoms with Gasteiger partial charge in [0.15, 0.2) is 0 Å². The molecule has 1 fully saturated rings. The average molecular weight is 410 g/mol. The van der Waals surface area contributed by atoms with Crippen LogP contribution in [-0.4, -0.2) is 49.2 Å². The molecule has 0 bridgehead atoms. The number of carbonyl (C=O) groups is 1. The van der Waals surface area contributed by atoms with Crippen molar-refractivity contribution in [3.8, 4) is 16.3 Å². The van der Waals surface area contributed by atoms with Crippen LogP contribution in [0.15, 0.2) is 53.9 Å². The van der Waals surface area contributed by atoms with Gasteiger partial charge in [0.25, 0.3) is 5.91 Å². The fourth-order valence-electron chi connectivity index (χ4n) is 3.15. The summed E-state index contributed by atoms with van der Waals surface area (Å²) in [7, 11) is 1.63. The predicted molar refractivity (Wildman–Crippen MR) is 115 cm³/mol. The Labute approximate surface area is 174 Å². The molecule has 4 rings (SSSR count). The molecule has 1 saturated heterocycles. The summed E-state index contributed by atoms with van der Waals surface area (Å²) in [5.74, 6) is 0.585. The molecular formula is C22H23N3O3S. The van der Waals surface area contributed by atoms with Crippen LogP contribution >= 0.6 is 11.3 Å². The van der Waals surface area contributed by atoms with Crippen LogP contribution in [0.5, 0.6) is 5.75 Å². The van der Waals surface area contributed by atoms with Gasteiger partial charge in [-0.25, -0.2) is 4.98 Å². The number of benzene rings is 2. The van der Waals surface area contributed by atoms with Crippen molar-refractivity contribution in [1.82, 2.24) is 9.88 Å². The summed E-state index contributed by atoms with van der Waals surface area (Å²) >= 11 is 1.45. The van der Waals surface area contributed by atoms with Gasteiger partial charge in [-0.1, -0.05) is 12.1 Å². The molecular weight excluding hydrogens is 386 g/mol. The molecule has 3 aromatic rings. The van der Waals surface area contributed by atoms with E-state index in [0.29, 0.717) is 5.69 Å². The second kappa shape index (κ2) is 9.17. The van der Waals surface area contributed by atoms with Crippen LogP contribution < -0.4 is 10.1 Å². The molecule has 6 nitrogen and oxygen atoms in total. The molecule has 1 aliphatic rings. The van der Waals surface area contributed by atoms with Gasteiger partial charge in [-0.05, 0) is 42.0 Å². The SMILES string of the molecule is COc1ccc(-c2nc(C(=O)Nc3ccc(CN4CCOCC4)cc3)cs2)cc1. The number of nitrogens with zero attached hydrogens (tertiary/aromatic N) is 2. The Kier molecular flexibility index (Phi) is 6.19.